The molecule has 0 bridgehead atoms. The zero-order valence-corrected chi connectivity index (χ0v) is 19.4. The first-order valence-electron chi connectivity index (χ1n) is 11.2. The highest BCUT2D eigenvalue weighted by Crippen LogP contribution is 2.09. The van der Waals surface area contributed by atoms with Crippen LogP contribution in [-0.2, 0) is 27.5 Å². The summed E-state index contributed by atoms with van der Waals surface area (Å²) < 4.78 is 6.37. The van der Waals surface area contributed by atoms with Crippen LogP contribution in [0.2, 0.25) is 0 Å². The fourth-order valence-electron chi connectivity index (χ4n) is 3.67. The van der Waals surface area contributed by atoms with Crippen LogP contribution in [0.15, 0.2) is 46.1 Å². The van der Waals surface area contributed by atoms with Gasteiger partial charge < -0.3 is 25.0 Å². The Labute approximate surface area is 201 Å². The molecule has 0 spiro atoms. The summed E-state index contributed by atoms with van der Waals surface area (Å²) in [6, 6.07) is 8.09. The number of aryl methyl sites for hydroxylation is 1. The number of H-pyrrole nitrogens is 1. The summed E-state index contributed by atoms with van der Waals surface area (Å²) in [5, 5.41) is 12.1. The average Bonchev–Trinajstić information content (AvgIpc) is 3.11. The topological polar surface area (TPSA) is 154 Å². The third-order valence-electron chi connectivity index (χ3n) is 5.59. The summed E-state index contributed by atoms with van der Waals surface area (Å²) in [5.74, 6) is -1.17. The summed E-state index contributed by atoms with van der Waals surface area (Å²) in [4.78, 5) is 66.2. The van der Waals surface area contributed by atoms with E-state index in [2.05, 4.69) is 10.3 Å². The molecule has 1 aliphatic rings. The normalized spacial score (nSPS) is 14.7. The Balaban J connectivity index is 1.53. The molecule has 0 aliphatic carbocycles. The van der Waals surface area contributed by atoms with E-state index in [4.69, 9.17) is 4.74 Å². The monoisotopic (exact) mass is 487 g/mol. The van der Waals surface area contributed by atoms with E-state index in [1.54, 1.807) is 0 Å². The highest BCUT2D eigenvalue weighted by Gasteiger charge is 2.28. The number of ether oxygens (including phenoxy) is 1. The molecule has 0 radical (unpaired) electrons. The van der Waals surface area contributed by atoms with Gasteiger partial charge in [0.05, 0.1) is 6.61 Å². The molecule has 1 saturated heterocycles. The van der Waals surface area contributed by atoms with Gasteiger partial charge in [0, 0.05) is 37.9 Å². The first-order valence-corrected chi connectivity index (χ1v) is 11.2. The van der Waals surface area contributed by atoms with Gasteiger partial charge in [0.15, 0.2) is 0 Å². The van der Waals surface area contributed by atoms with Gasteiger partial charge in [-0.2, -0.15) is 0 Å². The van der Waals surface area contributed by atoms with Crippen LogP contribution in [0, 0.1) is 6.92 Å². The van der Waals surface area contributed by atoms with E-state index in [-0.39, 0.29) is 25.3 Å². The van der Waals surface area contributed by atoms with Crippen molar-refractivity contribution in [3.63, 3.8) is 0 Å². The Morgan fingerprint density at radius 1 is 1.09 bits per heavy atom. The molecule has 2 aromatic rings. The minimum absolute atomic E-state index is 0.148. The molecule has 1 aromatic carbocycles. The summed E-state index contributed by atoms with van der Waals surface area (Å²) in [5.41, 5.74) is -0.180. The predicted molar refractivity (Wildman–Crippen MR) is 124 cm³/mol. The van der Waals surface area contributed by atoms with Gasteiger partial charge in [0.1, 0.15) is 19.2 Å². The second kappa shape index (κ2) is 12.0. The van der Waals surface area contributed by atoms with Crippen LogP contribution in [0.25, 0.3) is 0 Å². The molecule has 1 fully saturated rings. The average molecular weight is 488 g/mol. The van der Waals surface area contributed by atoms with Crippen molar-refractivity contribution in [1.82, 2.24) is 24.7 Å². The fraction of sp³-hybridized carbons (Fsp3) is 0.435. The van der Waals surface area contributed by atoms with Crippen LogP contribution in [0.1, 0.15) is 17.5 Å². The number of hydrogen-bond donors (Lipinski definition) is 3. The number of aliphatic hydroxyl groups is 1. The number of carbonyl (C=O) groups excluding carboxylic acids is 3. The number of nitrogens with zero attached hydrogens (tertiary/aromatic N) is 3. The van der Waals surface area contributed by atoms with E-state index in [0.29, 0.717) is 19.5 Å². The van der Waals surface area contributed by atoms with E-state index in [9.17, 15) is 29.1 Å². The SMILES string of the molecule is Cc1cn(CC(=O)N[C@@H](CO)C(=O)N2CCCN(C(=O)OCc3ccccc3)CC2)c(=O)[nH]c1=O. The van der Waals surface area contributed by atoms with Crippen molar-refractivity contribution >= 4 is 17.9 Å². The number of hydrogen-bond acceptors (Lipinski definition) is 7. The van der Waals surface area contributed by atoms with Gasteiger partial charge in [-0.3, -0.25) is 23.9 Å². The van der Waals surface area contributed by atoms with Gasteiger partial charge in [-0.15, -0.1) is 0 Å². The largest absolute Gasteiger partial charge is 0.445 e. The molecule has 12 heteroatoms. The lowest BCUT2D eigenvalue weighted by Crippen LogP contribution is -2.52. The van der Waals surface area contributed by atoms with E-state index < -0.39 is 48.4 Å². The summed E-state index contributed by atoms with van der Waals surface area (Å²) in [7, 11) is 0. The maximum Gasteiger partial charge on any atom is 0.410 e. The van der Waals surface area contributed by atoms with Gasteiger partial charge in [0.2, 0.25) is 11.8 Å². The smallest absolute Gasteiger partial charge is 0.410 e. The first kappa shape index (κ1) is 25.7. The number of amides is 3. The van der Waals surface area contributed by atoms with Crippen molar-refractivity contribution in [3.05, 3.63) is 68.5 Å². The van der Waals surface area contributed by atoms with Crippen LogP contribution >= 0.6 is 0 Å². The zero-order valence-electron chi connectivity index (χ0n) is 19.4. The molecular formula is C23H29N5O7. The predicted octanol–water partition coefficient (Wildman–Crippen LogP) is -0.807. The van der Waals surface area contributed by atoms with Gasteiger partial charge in [-0.1, -0.05) is 30.3 Å². The second-order valence-corrected chi connectivity index (χ2v) is 8.21. The van der Waals surface area contributed by atoms with Gasteiger partial charge >= 0.3 is 11.8 Å². The van der Waals surface area contributed by atoms with Crippen LogP contribution in [0.3, 0.4) is 0 Å². The third-order valence-corrected chi connectivity index (χ3v) is 5.59. The lowest BCUT2D eigenvalue weighted by Gasteiger charge is -2.26. The summed E-state index contributed by atoms with van der Waals surface area (Å²) in [6.07, 6.45) is 1.28. The number of aliphatic hydroxyl groups excluding tert-OH is 1. The van der Waals surface area contributed by atoms with Crippen molar-refractivity contribution in [2.24, 2.45) is 0 Å². The minimum atomic E-state index is -1.21. The van der Waals surface area contributed by atoms with Crippen molar-refractivity contribution in [2.75, 3.05) is 32.8 Å². The maximum absolute atomic E-state index is 12.9. The van der Waals surface area contributed by atoms with Crippen molar-refractivity contribution in [3.8, 4) is 0 Å². The Morgan fingerprint density at radius 3 is 2.49 bits per heavy atom. The third kappa shape index (κ3) is 7.03. The lowest BCUT2D eigenvalue weighted by molar-refractivity contribution is -0.137. The first-order chi connectivity index (χ1) is 16.8. The Hall–Kier alpha value is -3.93. The molecule has 1 aromatic heterocycles. The van der Waals surface area contributed by atoms with E-state index in [1.165, 1.54) is 22.9 Å². The summed E-state index contributed by atoms with van der Waals surface area (Å²) in [6.45, 7) is 1.78. The highest BCUT2D eigenvalue weighted by molar-refractivity contribution is 5.87. The van der Waals surface area contributed by atoms with Crippen LogP contribution in [0.5, 0.6) is 0 Å². The molecule has 3 amide bonds. The molecule has 0 unspecified atom stereocenters. The number of rotatable bonds is 7. The number of carbonyl (C=O) groups is 3. The molecule has 0 saturated carbocycles. The van der Waals surface area contributed by atoms with E-state index >= 15 is 0 Å². The molecule has 1 aliphatic heterocycles. The Morgan fingerprint density at radius 2 is 1.77 bits per heavy atom. The lowest BCUT2D eigenvalue weighted by atomic mass is 10.2. The fourth-order valence-corrected chi connectivity index (χ4v) is 3.67. The molecule has 3 N–H and O–H groups in total. The van der Waals surface area contributed by atoms with Crippen LogP contribution in [0.4, 0.5) is 4.79 Å². The van der Waals surface area contributed by atoms with Gasteiger partial charge in [-0.25, -0.2) is 9.59 Å². The number of aromatic nitrogens is 2. The molecule has 2 heterocycles. The molecule has 188 valence electrons. The van der Waals surface area contributed by atoms with Gasteiger partial charge in [-0.05, 0) is 18.9 Å². The second-order valence-electron chi connectivity index (χ2n) is 8.21. The minimum Gasteiger partial charge on any atom is -0.445 e. The number of nitrogens with one attached hydrogen (secondary N) is 2. The summed E-state index contributed by atoms with van der Waals surface area (Å²) >= 11 is 0. The van der Waals surface area contributed by atoms with E-state index in [0.717, 1.165) is 10.1 Å². The quantitative estimate of drug-likeness (QED) is 0.462. The Kier molecular flexibility index (Phi) is 8.79. The molecule has 35 heavy (non-hydrogen) atoms. The maximum atomic E-state index is 12.9. The van der Waals surface area contributed by atoms with Crippen molar-refractivity contribution in [2.45, 2.75) is 32.5 Å². The molecule has 12 nitrogen and oxygen atoms in total. The molecule has 1 atom stereocenters. The number of aromatic amines is 1. The van der Waals surface area contributed by atoms with Crippen LogP contribution in [-0.4, -0.2) is 81.2 Å². The zero-order chi connectivity index (χ0) is 25.4. The standard InChI is InChI=1S/C23H29N5O7/c1-16-12-28(22(33)25-20(16)31)13-19(30)24-18(14-29)21(32)26-8-5-9-27(11-10-26)23(34)35-15-17-6-3-2-4-7-17/h2-4,6-7,12,18,29H,5,8-11,13-15H2,1H3,(H,24,30)(H,25,31,33)/t18-/m0/s1. The van der Waals surface area contributed by atoms with E-state index in [1.807, 2.05) is 30.3 Å². The van der Waals surface area contributed by atoms with Crippen LogP contribution < -0.4 is 16.6 Å². The highest BCUT2D eigenvalue weighted by atomic mass is 16.6. The van der Waals surface area contributed by atoms with Crippen molar-refractivity contribution in [1.29, 1.82) is 0 Å². The number of benzene rings is 1. The molecule has 3 rings (SSSR count). The molecular weight excluding hydrogens is 458 g/mol. The van der Waals surface area contributed by atoms with Gasteiger partial charge in [0.25, 0.3) is 5.56 Å². The van der Waals surface area contributed by atoms with Crippen molar-refractivity contribution < 1.29 is 24.2 Å². The Bertz CT molecular complexity index is 1160.